The van der Waals surface area contributed by atoms with Crippen LogP contribution < -0.4 is 11.5 Å². The summed E-state index contributed by atoms with van der Waals surface area (Å²) in [6.07, 6.45) is 0. The van der Waals surface area contributed by atoms with Gasteiger partial charge in [0.15, 0.2) is 0 Å². The van der Waals surface area contributed by atoms with Crippen LogP contribution in [0.25, 0.3) is 0 Å². The fraction of sp³-hybridized carbons (Fsp3) is 0.857. The maximum Gasteiger partial charge on any atom is 0.235 e. The Hall–Kier alpha value is -0.260. The van der Waals surface area contributed by atoms with Crippen LogP contribution in [0.5, 0.6) is 0 Å². The smallest absolute Gasteiger partial charge is 0.235 e. The highest BCUT2D eigenvalue weighted by Gasteiger charge is 2.09. The molecule has 0 aliphatic carbocycles. The molecule has 0 spiro atoms. The number of hydrogen-bond donors (Lipinski definition) is 3. The number of thioether (sulfide) groups is 1. The van der Waals surface area contributed by atoms with Gasteiger partial charge in [0, 0.05) is 12.4 Å². The Morgan fingerprint density at radius 2 is 2.17 bits per heavy atom. The van der Waals surface area contributed by atoms with Crippen LogP contribution in [0.1, 0.15) is 6.92 Å². The lowest BCUT2D eigenvalue weighted by Crippen LogP contribution is -2.38. The molecular weight excluding hydrogens is 176 g/mol. The summed E-state index contributed by atoms with van der Waals surface area (Å²) < 4.78 is 0. The molecule has 0 radical (unpaired) electrons. The molecule has 0 aliphatic rings. The first-order valence-electron chi connectivity index (χ1n) is 3.81. The van der Waals surface area contributed by atoms with E-state index in [0.717, 1.165) is 5.75 Å². The van der Waals surface area contributed by atoms with Crippen molar-refractivity contribution in [2.75, 3.05) is 18.1 Å². The van der Waals surface area contributed by atoms with Gasteiger partial charge in [-0.3, -0.25) is 4.79 Å². The fourth-order valence-corrected chi connectivity index (χ4v) is 1.59. The second kappa shape index (κ2) is 6.28. The number of carbonyl (C=O) groups is 1. The van der Waals surface area contributed by atoms with Crippen LogP contribution in [-0.2, 0) is 4.79 Å². The highest BCUT2D eigenvalue weighted by atomic mass is 32.2. The van der Waals surface area contributed by atoms with E-state index in [1.807, 2.05) is 6.92 Å². The van der Waals surface area contributed by atoms with Gasteiger partial charge in [0.05, 0.1) is 6.04 Å². The van der Waals surface area contributed by atoms with Gasteiger partial charge in [-0.05, 0) is 11.7 Å². The summed E-state index contributed by atoms with van der Waals surface area (Å²) in [6, 6.07) is -0.569. The quantitative estimate of drug-likeness (QED) is 0.512. The number of nitrogens with two attached hydrogens (primary N) is 2. The van der Waals surface area contributed by atoms with Crippen LogP contribution >= 0.6 is 11.8 Å². The van der Waals surface area contributed by atoms with Crippen molar-refractivity contribution >= 4 is 17.7 Å². The maximum absolute atomic E-state index is 10.5. The van der Waals surface area contributed by atoms with E-state index < -0.39 is 11.9 Å². The number of amides is 1. The zero-order chi connectivity index (χ0) is 9.56. The molecule has 72 valence electrons. The molecule has 5 N–H and O–H groups in total. The lowest BCUT2D eigenvalue weighted by Gasteiger charge is -2.09. The molecule has 0 fully saturated rings. The Bertz CT molecular complexity index is 143. The molecule has 0 saturated carbocycles. The van der Waals surface area contributed by atoms with Crippen molar-refractivity contribution in [3.05, 3.63) is 0 Å². The molecule has 0 saturated heterocycles. The summed E-state index contributed by atoms with van der Waals surface area (Å²) in [6.45, 7) is 2.10. The van der Waals surface area contributed by atoms with Crippen molar-refractivity contribution in [2.45, 2.75) is 13.0 Å². The first kappa shape index (κ1) is 11.7. The molecule has 2 atom stereocenters. The van der Waals surface area contributed by atoms with Crippen LogP contribution in [0.4, 0.5) is 0 Å². The number of carbonyl (C=O) groups excluding carboxylic acids is 1. The van der Waals surface area contributed by atoms with Gasteiger partial charge in [-0.1, -0.05) is 6.92 Å². The van der Waals surface area contributed by atoms with Crippen LogP contribution in [0.3, 0.4) is 0 Å². The molecule has 0 aliphatic heterocycles. The Balaban J connectivity index is 3.37. The normalized spacial score (nSPS) is 15.6. The molecule has 2 unspecified atom stereocenters. The summed E-state index contributed by atoms with van der Waals surface area (Å²) in [7, 11) is 0. The first-order chi connectivity index (χ1) is 5.57. The minimum Gasteiger partial charge on any atom is -0.396 e. The van der Waals surface area contributed by atoms with E-state index in [-0.39, 0.29) is 12.5 Å². The summed E-state index contributed by atoms with van der Waals surface area (Å²) >= 11 is 1.54. The van der Waals surface area contributed by atoms with Gasteiger partial charge in [0.25, 0.3) is 0 Å². The van der Waals surface area contributed by atoms with E-state index in [2.05, 4.69) is 0 Å². The topological polar surface area (TPSA) is 89.3 Å². The Kier molecular flexibility index (Phi) is 6.14. The van der Waals surface area contributed by atoms with Crippen LogP contribution in [0, 0.1) is 5.92 Å². The predicted molar refractivity (Wildman–Crippen MR) is 50.7 cm³/mol. The third-order valence-corrected chi connectivity index (χ3v) is 2.78. The number of rotatable bonds is 6. The molecule has 0 aromatic carbocycles. The van der Waals surface area contributed by atoms with Gasteiger partial charge in [-0.15, -0.1) is 0 Å². The van der Waals surface area contributed by atoms with Crippen LogP contribution in [0.15, 0.2) is 0 Å². The molecular formula is C7H16N2O2S. The van der Waals surface area contributed by atoms with Crippen molar-refractivity contribution in [1.82, 2.24) is 0 Å². The first-order valence-corrected chi connectivity index (χ1v) is 4.97. The highest BCUT2D eigenvalue weighted by molar-refractivity contribution is 7.99. The molecule has 0 aromatic heterocycles. The second-order valence-corrected chi connectivity index (χ2v) is 3.91. The van der Waals surface area contributed by atoms with Crippen molar-refractivity contribution in [2.24, 2.45) is 17.4 Å². The number of primary amides is 1. The second-order valence-electron chi connectivity index (χ2n) is 2.83. The molecule has 5 heteroatoms. The van der Waals surface area contributed by atoms with E-state index in [4.69, 9.17) is 16.6 Å². The highest BCUT2D eigenvalue weighted by Crippen LogP contribution is 2.08. The Labute approximate surface area is 76.7 Å². The largest absolute Gasteiger partial charge is 0.396 e. The minimum absolute atomic E-state index is 0.165. The lowest BCUT2D eigenvalue weighted by atomic mass is 10.2. The standard InChI is InChI=1S/C7H16N2O2S/c1-5(2-10)3-12-4-6(8)7(9)11/h5-6,10H,2-4,8H2,1H3,(H2,9,11). The van der Waals surface area contributed by atoms with Gasteiger partial charge < -0.3 is 16.6 Å². The van der Waals surface area contributed by atoms with Gasteiger partial charge in [-0.2, -0.15) is 11.8 Å². The average molecular weight is 192 g/mol. The van der Waals surface area contributed by atoms with Crippen molar-refractivity contribution in [3.8, 4) is 0 Å². The molecule has 0 aromatic rings. The van der Waals surface area contributed by atoms with Gasteiger partial charge in [-0.25, -0.2) is 0 Å². The lowest BCUT2D eigenvalue weighted by molar-refractivity contribution is -0.118. The number of hydrogen-bond acceptors (Lipinski definition) is 4. The Morgan fingerprint density at radius 1 is 1.58 bits per heavy atom. The SMILES string of the molecule is CC(CO)CSCC(N)C(N)=O. The molecule has 0 heterocycles. The zero-order valence-corrected chi connectivity index (χ0v) is 8.01. The monoisotopic (exact) mass is 192 g/mol. The van der Waals surface area contributed by atoms with E-state index in [9.17, 15) is 4.79 Å². The average Bonchev–Trinajstić information content (AvgIpc) is 2.03. The Morgan fingerprint density at radius 3 is 2.58 bits per heavy atom. The maximum atomic E-state index is 10.5. The summed E-state index contributed by atoms with van der Waals surface area (Å²) in [5, 5.41) is 8.67. The zero-order valence-electron chi connectivity index (χ0n) is 7.19. The van der Waals surface area contributed by atoms with E-state index in [1.54, 1.807) is 0 Å². The summed E-state index contributed by atoms with van der Waals surface area (Å²) in [5.74, 6) is 1.10. The van der Waals surface area contributed by atoms with Crippen LogP contribution in [-0.4, -0.2) is 35.2 Å². The predicted octanol–water partition coefficient (Wildman–Crippen LogP) is -0.839. The fourth-order valence-electron chi connectivity index (χ4n) is 0.531. The third kappa shape index (κ3) is 5.40. The molecule has 0 bridgehead atoms. The molecule has 0 rings (SSSR count). The molecule has 4 nitrogen and oxygen atoms in total. The third-order valence-electron chi connectivity index (χ3n) is 1.38. The van der Waals surface area contributed by atoms with Gasteiger partial charge in [0.1, 0.15) is 0 Å². The summed E-state index contributed by atoms with van der Waals surface area (Å²) in [4.78, 5) is 10.5. The summed E-state index contributed by atoms with van der Waals surface area (Å²) in [5.41, 5.74) is 10.3. The molecule has 1 amide bonds. The van der Waals surface area contributed by atoms with Gasteiger partial charge in [0.2, 0.25) is 5.91 Å². The minimum atomic E-state index is -0.569. The van der Waals surface area contributed by atoms with Crippen molar-refractivity contribution < 1.29 is 9.90 Å². The van der Waals surface area contributed by atoms with Crippen LogP contribution in [0.2, 0.25) is 0 Å². The molecule has 12 heavy (non-hydrogen) atoms. The van der Waals surface area contributed by atoms with E-state index >= 15 is 0 Å². The number of aliphatic hydroxyl groups excluding tert-OH is 1. The van der Waals surface area contributed by atoms with Crippen molar-refractivity contribution in [3.63, 3.8) is 0 Å². The van der Waals surface area contributed by atoms with Gasteiger partial charge >= 0.3 is 0 Å². The van der Waals surface area contributed by atoms with E-state index in [0.29, 0.717) is 5.75 Å². The number of aliphatic hydroxyl groups is 1. The van der Waals surface area contributed by atoms with Crippen molar-refractivity contribution in [1.29, 1.82) is 0 Å². The van der Waals surface area contributed by atoms with E-state index in [1.165, 1.54) is 11.8 Å².